The van der Waals surface area contributed by atoms with Crippen LogP contribution in [0, 0.1) is 75.9 Å². The van der Waals surface area contributed by atoms with E-state index in [1.165, 1.54) is 170 Å². The summed E-state index contributed by atoms with van der Waals surface area (Å²) in [7, 11) is 20.5. The van der Waals surface area contributed by atoms with E-state index in [0.717, 1.165) is 87.8 Å². The number of rotatable bonds is 6. The first-order valence-electron chi connectivity index (χ1n) is 54.6. The van der Waals surface area contributed by atoms with Gasteiger partial charge in [0.1, 0.15) is 35.2 Å². The van der Waals surface area contributed by atoms with Crippen LogP contribution in [-0.4, -0.2) is 22.8 Å². The number of aromatic nitrogens is 10. The minimum Gasteiger partial charge on any atom is -0.343 e. The van der Waals surface area contributed by atoms with Gasteiger partial charge in [-0.15, -0.1) is 0 Å². The summed E-state index contributed by atoms with van der Waals surface area (Å²) in [5, 5.41) is 23.6. The molecule has 26 rings (SSSR count). The van der Waals surface area contributed by atoms with Crippen molar-refractivity contribution in [2.75, 3.05) is 0 Å². The Bertz CT molecular complexity index is 10000. The first-order chi connectivity index (χ1) is 73.5. The molecule has 0 unspecified atom stereocenters. The van der Waals surface area contributed by atoms with E-state index >= 15 is 0 Å². The summed E-state index contributed by atoms with van der Waals surface area (Å²) < 4.78 is 117. The van der Waals surface area contributed by atoms with Gasteiger partial charge in [0.25, 0.3) is 0 Å². The lowest BCUT2D eigenvalue weighted by Crippen LogP contribution is -2.31. The first-order valence-corrected chi connectivity index (χ1v) is 48.6. The van der Waals surface area contributed by atoms with Crippen LogP contribution in [0.3, 0.4) is 0 Å². The highest BCUT2D eigenvalue weighted by molar-refractivity contribution is 6.24. The number of benzene rings is 16. The molecule has 10 heterocycles. The van der Waals surface area contributed by atoms with Crippen LogP contribution in [0.4, 0.5) is 0 Å². The molecule has 0 N–H and O–H groups in total. The van der Waals surface area contributed by atoms with Crippen LogP contribution < -0.4 is 22.8 Å². The summed E-state index contributed by atoms with van der Waals surface area (Å²) in [6, 6.07) is 112. The summed E-state index contributed by atoms with van der Waals surface area (Å²) in [6.07, 6.45) is 9.97. The Morgan fingerprint density at radius 2 is 0.510 bits per heavy atom. The standard InChI is InChI=1S/C30H25N2.3C26H25N2.C24H21N2.5CH4/c1-20-9-7-8-12-24(20)30-28-25-16-15-22-13-14-23(21-10-5-4-6-11-21)19-26(22)29(25)32(3)27(28)17-18-31(30)2;3*1-16-10-11-21(17(2)12-16)26-24-22-13-19-8-6-7-9-20(19)14-23(22)28(5)25(24)18(3)15-27(26)4;1-16-8-4-6-10-18(16)24-22-20-13-12-17-9-5-7-11-19(17)23(20)26(3)21(22)14-15-25(24)2;;;;;/h4-19H,1-3H3;3*6-15H,1-5H3;4-15H,1-3H3;5*1H4/q5*+1;;;;;/i;2*1D3,3D3;;;;;;;. The van der Waals surface area contributed by atoms with Crippen molar-refractivity contribution in [3.8, 4) is 67.4 Å². The number of pyridine rings is 5. The van der Waals surface area contributed by atoms with Gasteiger partial charge >= 0.3 is 0 Å². The SMILES string of the molecule is C.C.C.C.C.Cc1ccc(-c2c3c4cc5ccccc5cc4n(C)c3c(C)c[n+]2C)c(C)c1.Cc1ccccc1-c1c2c3ccc4ccc(-c5ccccc5)cc4c3n(C)c2cc[n+]1C.Cc1ccccc1-c1c2c3ccc4ccccc4c3n(C)c2cc[n+]1C.[2H]C([2H])([2H])c1ccc(-c2c3c4cc5ccccc5cc4n(C)c3c(C([2H])([2H])[2H])c[n+]2C)c(C)c1.[2H]C([2H])([2H])c1ccc(-c2c3c4cc5ccccc5cc4n(C)c3c(C([2H])([2H])[2H])c[n+]2C)c(C)c1. The molecule has 10 aromatic heterocycles. The van der Waals surface area contributed by atoms with Crippen LogP contribution in [0.5, 0.6) is 0 Å². The minimum atomic E-state index is -2.30. The highest BCUT2D eigenvalue weighted by atomic mass is 15.0. The molecule has 147 heavy (non-hydrogen) atoms. The predicted octanol–water partition coefficient (Wildman–Crippen LogP) is 33.1. The quantitative estimate of drug-likeness (QED) is 0.149. The van der Waals surface area contributed by atoms with Crippen LogP contribution in [0.2, 0.25) is 0 Å². The molecule has 0 bridgehead atoms. The number of hydrogen-bond donors (Lipinski definition) is 0. The van der Waals surface area contributed by atoms with Gasteiger partial charge in [-0.25, -0.2) is 22.8 Å². The largest absolute Gasteiger partial charge is 0.343 e. The van der Waals surface area contributed by atoms with Crippen molar-refractivity contribution < 1.29 is 39.3 Å². The maximum absolute atomic E-state index is 8.22. The summed E-state index contributed by atoms with van der Waals surface area (Å²) >= 11 is 0. The Labute approximate surface area is 884 Å². The van der Waals surface area contributed by atoms with Gasteiger partial charge in [-0.05, 0) is 231 Å². The van der Waals surface area contributed by atoms with Crippen molar-refractivity contribution in [3.63, 3.8) is 0 Å². The number of hydrogen-bond acceptors (Lipinski definition) is 0. The van der Waals surface area contributed by atoms with Crippen molar-refractivity contribution in [2.24, 2.45) is 70.5 Å². The maximum Gasteiger partial charge on any atom is 0.222 e. The Hall–Kier alpha value is -16.4. The van der Waals surface area contributed by atoms with Gasteiger partial charge in [0, 0.05) is 163 Å². The molecule has 0 aliphatic carbocycles. The average molecular weight is 1940 g/mol. The fourth-order valence-electron chi connectivity index (χ4n) is 23.1. The monoisotopic (exact) mass is 1940 g/mol. The van der Waals surface area contributed by atoms with E-state index in [9.17, 15) is 0 Å². The van der Waals surface area contributed by atoms with E-state index in [2.05, 4.69) is 384 Å². The molecule has 0 aliphatic heterocycles. The molecule has 734 valence electrons. The van der Waals surface area contributed by atoms with Gasteiger partial charge in [-0.2, -0.15) is 0 Å². The van der Waals surface area contributed by atoms with Crippen molar-refractivity contribution in [3.05, 3.63) is 414 Å². The maximum atomic E-state index is 8.22. The normalized spacial score (nSPS) is 12.9. The molecule has 0 spiro atoms. The molecular weight excluding hydrogens is 1790 g/mol. The Morgan fingerprint density at radius 1 is 0.197 bits per heavy atom. The van der Waals surface area contributed by atoms with E-state index in [1.54, 1.807) is 36.7 Å². The van der Waals surface area contributed by atoms with E-state index in [4.69, 9.17) is 16.4 Å². The molecule has 0 atom stereocenters. The topological polar surface area (TPSA) is 44.0 Å². The van der Waals surface area contributed by atoms with E-state index in [0.29, 0.717) is 11.0 Å². The molecule has 0 saturated carbocycles. The fourth-order valence-corrected chi connectivity index (χ4v) is 23.1. The zero-order valence-corrected chi connectivity index (χ0v) is 83.5. The summed E-state index contributed by atoms with van der Waals surface area (Å²) in [5.74, 6) is 0. The van der Waals surface area contributed by atoms with E-state index < -0.39 is 27.4 Å². The highest BCUT2D eigenvalue weighted by Gasteiger charge is 2.32. The molecule has 26 aromatic rings. The van der Waals surface area contributed by atoms with Crippen LogP contribution in [0.15, 0.2) is 353 Å². The Kier molecular flexibility index (Phi) is 23.9. The van der Waals surface area contributed by atoms with Crippen molar-refractivity contribution in [1.82, 2.24) is 22.8 Å². The van der Waals surface area contributed by atoms with Crippen molar-refractivity contribution in [1.29, 1.82) is 0 Å². The van der Waals surface area contributed by atoms with Gasteiger partial charge in [-0.3, -0.25) is 0 Å². The van der Waals surface area contributed by atoms with Gasteiger partial charge in [0.2, 0.25) is 28.5 Å². The lowest BCUT2D eigenvalue weighted by Gasteiger charge is -2.09. The van der Waals surface area contributed by atoms with Crippen LogP contribution in [0.25, 0.3) is 230 Å². The van der Waals surface area contributed by atoms with Gasteiger partial charge in [0.05, 0.1) is 65.5 Å². The third-order valence-corrected chi connectivity index (χ3v) is 29.8. The molecule has 10 heteroatoms. The lowest BCUT2D eigenvalue weighted by molar-refractivity contribution is -0.659. The molecule has 10 nitrogen and oxygen atoms in total. The molecule has 16 aromatic carbocycles. The van der Waals surface area contributed by atoms with Gasteiger partial charge < -0.3 is 22.8 Å². The molecular formula is C137H141N10+5. The van der Waals surface area contributed by atoms with Gasteiger partial charge in [0.15, 0.2) is 31.0 Å². The van der Waals surface area contributed by atoms with E-state index in [1.807, 2.05) is 96.7 Å². The van der Waals surface area contributed by atoms with Crippen molar-refractivity contribution >= 4 is 163 Å². The number of nitrogens with zero attached hydrogens (tertiary/aromatic N) is 10. The Balaban J connectivity index is 0.000000133. The lowest BCUT2D eigenvalue weighted by atomic mass is 9.97. The van der Waals surface area contributed by atoms with Crippen LogP contribution in [-0.2, 0) is 70.5 Å². The zero-order valence-electron chi connectivity index (χ0n) is 95.5. The fraction of sp³-hybridized carbons (Fsp3) is 0.190. The predicted molar refractivity (Wildman–Crippen MR) is 634 cm³/mol. The van der Waals surface area contributed by atoms with Crippen LogP contribution >= 0.6 is 0 Å². The van der Waals surface area contributed by atoms with E-state index in [-0.39, 0.29) is 59.4 Å². The molecule has 0 fully saturated rings. The second-order valence-corrected chi connectivity index (χ2v) is 38.9. The average Bonchev–Trinajstić information content (AvgIpc) is 1.57. The Morgan fingerprint density at radius 3 is 0.905 bits per heavy atom. The zero-order chi connectivity index (χ0) is 108. The third kappa shape index (κ3) is 17.3. The van der Waals surface area contributed by atoms with Crippen molar-refractivity contribution in [2.45, 2.75) is 113 Å². The molecule has 0 saturated heterocycles. The summed E-state index contributed by atoms with van der Waals surface area (Å²) in [5.41, 5.74) is 33.9. The second kappa shape index (κ2) is 40.3. The summed E-state index contributed by atoms with van der Waals surface area (Å²) in [6.45, 7) is 5.80. The first kappa shape index (κ1) is 87.2. The highest BCUT2D eigenvalue weighted by Crippen LogP contribution is 2.47. The molecule has 0 amide bonds. The minimum absolute atomic E-state index is 0. The molecule has 0 aliphatic rings. The second-order valence-electron chi connectivity index (χ2n) is 38.9. The van der Waals surface area contributed by atoms with Crippen LogP contribution in [0.1, 0.15) is 115 Å². The number of aryl methyl sites for hydroxylation is 21. The molecule has 0 radical (unpaired) electrons. The summed E-state index contributed by atoms with van der Waals surface area (Å²) in [4.78, 5) is 0. The third-order valence-electron chi connectivity index (χ3n) is 29.8. The smallest absolute Gasteiger partial charge is 0.222 e. The van der Waals surface area contributed by atoms with Gasteiger partial charge in [-0.1, -0.05) is 290 Å². The number of fused-ring (bicyclic) bond motifs is 22.